The molecule has 0 aliphatic rings. The van der Waals surface area contributed by atoms with Crippen molar-refractivity contribution in [2.75, 3.05) is 13.7 Å². The fourth-order valence-electron chi connectivity index (χ4n) is 1.58. The number of nitrogens with zero attached hydrogens (tertiary/aromatic N) is 3. The molecule has 1 aromatic carbocycles. The fourth-order valence-corrected chi connectivity index (χ4v) is 1.80. The standard InChI is InChI=1S/C13H16ClN3O2/c1-9(8-18)17(2)7-12-15-13(16-19-12)10-5-3-4-6-11(10)14/h3-6,9,18H,7-8H2,1-2H3. The van der Waals surface area contributed by atoms with E-state index in [0.717, 1.165) is 5.56 Å². The normalized spacial score (nSPS) is 12.9. The molecule has 1 N–H and O–H groups in total. The molecule has 5 nitrogen and oxygen atoms in total. The van der Waals surface area contributed by atoms with Gasteiger partial charge in [0.1, 0.15) is 0 Å². The summed E-state index contributed by atoms with van der Waals surface area (Å²) in [5, 5.41) is 13.6. The smallest absolute Gasteiger partial charge is 0.241 e. The lowest BCUT2D eigenvalue weighted by Gasteiger charge is -2.20. The molecule has 0 aliphatic carbocycles. The minimum absolute atomic E-state index is 0.0377. The number of hydrogen-bond acceptors (Lipinski definition) is 5. The van der Waals surface area contributed by atoms with E-state index in [1.165, 1.54) is 0 Å². The van der Waals surface area contributed by atoms with Crippen molar-refractivity contribution in [2.24, 2.45) is 0 Å². The first kappa shape index (κ1) is 14.0. The quantitative estimate of drug-likeness (QED) is 0.910. The summed E-state index contributed by atoms with van der Waals surface area (Å²) >= 11 is 6.08. The van der Waals surface area contributed by atoms with Crippen molar-refractivity contribution in [3.63, 3.8) is 0 Å². The van der Waals surface area contributed by atoms with Crippen molar-refractivity contribution < 1.29 is 9.63 Å². The first-order chi connectivity index (χ1) is 9.11. The van der Waals surface area contributed by atoms with Gasteiger partial charge in [0.2, 0.25) is 11.7 Å². The Morgan fingerprint density at radius 1 is 1.42 bits per heavy atom. The highest BCUT2D eigenvalue weighted by molar-refractivity contribution is 6.33. The van der Waals surface area contributed by atoms with Gasteiger partial charge in [-0.05, 0) is 26.1 Å². The van der Waals surface area contributed by atoms with Gasteiger partial charge in [0.15, 0.2) is 0 Å². The van der Waals surface area contributed by atoms with Crippen LogP contribution in [-0.4, -0.2) is 39.8 Å². The molecule has 0 aliphatic heterocycles. The van der Waals surface area contributed by atoms with Crippen molar-refractivity contribution in [3.8, 4) is 11.4 Å². The second kappa shape index (κ2) is 6.14. The highest BCUT2D eigenvalue weighted by Gasteiger charge is 2.15. The minimum Gasteiger partial charge on any atom is -0.395 e. The lowest BCUT2D eigenvalue weighted by Crippen LogP contribution is -2.31. The predicted molar refractivity (Wildman–Crippen MR) is 72.8 cm³/mol. The Labute approximate surface area is 116 Å². The van der Waals surface area contributed by atoms with Crippen molar-refractivity contribution in [1.29, 1.82) is 0 Å². The third kappa shape index (κ3) is 3.32. The predicted octanol–water partition coefficient (Wildman–Crippen LogP) is 2.20. The molecule has 0 saturated heterocycles. The molecule has 6 heteroatoms. The largest absolute Gasteiger partial charge is 0.395 e. The van der Waals surface area contributed by atoms with Crippen LogP contribution in [0, 0.1) is 0 Å². The van der Waals surface area contributed by atoms with E-state index in [2.05, 4.69) is 10.1 Å². The highest BCUT2D eigenvalue weighted by atomic mass is 35.5. The van der Waals surface area contributed by atoms with E-state index < -0.39 is 0 Å². The number of halogens is 1. The van der Waals surface area contributed by atoms with E-state index in [-0.39, 0.29) is 12.6 Å². The molecule has 19 heavy (non-hydrogen) atoms. The van der Waals surface area contributed by atoms with Crippen molar-refractivity contribution in [2.45, 2.75) is 19.5 Å². The Hall–Kier alpha value is -1.43. The van der Waals surface area contributed by atoms with Crippen LogP contribution in [0.25, 0.3) is 11.4 Å². The monoisotopic (exact) mass is 281 g/mol. The molecule has 102 valence electrons. The van der Waals surface area contributed by atoms with Crippen LogP contribution in [0.5, 0.6) is 0 Å². The number of likely N-dealkylation sites (N-methyl/N-ethyl adjacent to an activating group) is 1. The number of aromatic nitrogens is 2. The molecular formula is C13H16ClN3O2. The van der Waals surface area contributed by atoms with Gasteiger partial charge in [0.05, 0.1) is 18.2 Å². The SMILES string of the molecule is CC(CO)N(C)Cc1nc(-c2ccccc2Cl)no1. The maximum Gasteiger partial charge on any atom is 0.241 e. The Morgan fingerprint density at radius 3 is 2.84 bits per heavy atom. The average molecular weight is 282 g/mol. The van der Waals surface area contributed by atoms with E-state index in [1.54, 1.807) is 6.07 Å². The molecule has 2 rings (SSSR count). The number of hydrogen-bond donors (Lipinski definition) is 1. The van der Waals surface area contributed by atoms with Gasteiger partial charge >= 0.3 is 0 Å². The van der Waals surface area contributed by atoms with Gasteiger partial charge < -0.3 is 9.63 Å². The van der Waals surface area contributed by atoms with Crippen LogP contribution in [0.15, 0.2) is 28.8 Å². The Morgan fingerprint density at radius 2 is 2.16 bits per heavy atom. The Balaban J connectivity index is 2.14. The van der Waals surface area contributed by atoms with Gasteiger partial charge in [-0.25, -0.2) is 0 Å². The lowest BCUT2D eigenvalue weighted by atomic mass is 10.2. The van der Waals surface area contributed by atoms with E-state index in [9.17, 15) is 0 Å². The molecule has 0 radical (unpaired) electrons. The number of rotatable bonds is 5. The van der Waals surface area contributed by atoms with Crippen molar-refractivity contribution in [1.82, 2.24) is 15.0 Å². The number of aliphatic hydroxyl groups is 1. The van der Waals surface area contributed by atoms with E-state index in [1.807, 2.05) is 37.1 Å². The maximum atomic E-state index is 9.08. The zero-order valence-electron chi connectivity index (χ0n) is 10.9. The summed E-state index contributed by atoms with van der Waals surface area (Å²) < 4.78 is 5.20. The molecule has 1 heterocycles. The molecule has 1 aromatic heterocycles. The van der Waals surface area contributed by atoms with Crippen LogP contribution < -0.4 is 0 Å². The van der Waals surface area contributed by atoms with Gasteiger partial charge in [0.25, 0.3) is 0 Å². The van der Waals surface area contributed by atoms with Crippen molar-refractivity contribution in [3.05, 3.63) is 35.2 Å². The van der Waals surface area contributed by atoms with Crippen LogP contribution >= 0.6 is 11.6 Å². The second-order valence-corrected chi connectivity index (χ2v) is 4.85. The fraction of sp³-hybridized carbons (Fsp3) is 0.385. The van der Waals surface area contributed by atoms with E-state index >= 15 is 0 Å². The van der Waals surface area contributed by atoms with Gasteiger partial charge in [0, 0.05) is 11.6 Å². The number of benzene rings is 1. The van der Waals surface area contributed by atoms with Crippen LogP contribution in [-0.2, 0) is 6.54 Å². The first-order valence-electron chi connectivity index (χ1n) is 6.00. The van der Waals surface area contributed by atoms with E-state index in [0.29, 0.717) is 23.3 Å². The summed E-state index contributed by atoms with van der Waals surface area (Å²) in [6.07, 6.45) is 0. The molecule has 1 unspecified atom stereocenters. The topological polar surface area (TPSA) is 62.4 Å². The Bertz CT molecular complexity index is 544. The third-order valence-electron chi connectivity index (χ3n) is 2.98. The van der Waals surface area contributed by atoms with Crippen LogP contribution in [0.4, 0.5) is 0 Å². The lowest BCUT2D eigenvalue weighted by molar-refractivity contribution is 0.142. The van der Waals surface area contributed by atoms with Crippen LogP contribution in [0.2, 0.25) is 5.02 Å². The number of aliphatic hydroxyl groups excluding tert-OH is 1. The molecule has 0 bridgehead atoms. The summed E-state index contributed by atoms with van der Waals surface area (Å²) in [5.74, 6) is 0.975. The summed E-state index contributed by atoms with van der Waals surface area (Å²) in [4.78, 5) is 6.25. The zero-order chi connectivity index (χ0) is 13.8. The first-order valence-corrected chi connectivity index (χ1v) is 6.38. The van der Waals surface area contributed by atoms with Gasteiger partial charge in [-0.3, -0.25) is 4.90 Å². The van der Waals surface area contributed by atoms with Gasteiger partial charge in [-0.15, -0.1) is 0 Å². The zero-order valence-corrected chi connectivity index (χ0v) is 11.6. The van der Waals surface area contributed by atoms with Crippen LogP contribution in [0.1, 0.15) is 12.8 Å². The molecular weight excluding hydrogens is 266 g/mol. The summed E-state index contributed by atoms with van der Waals surface area (Å²) in [6, 6.07) is 7.39. The van der Waals surface area contributed by atoms with Crippen molar-refractivity contribution >= 4 is 11.6 Å². The van der Waals surface area contributed by atoms with Gasteiger partial charge in [-0.2, -0.15) is 4.98 Å². The summed E-state index contributed by atoms with van der Waals surface area (Å²) in [5.41, 5.74) is 0.747. The van der Waals surface area contributed by atoms with E-state index in [4.69, 9.17) is 21.2 Å². The summed E-state index contributed by atoms with van der Waals surface area (Å²) in [6.45, 7) is 2.49. The minimum atomic E-state index is 0.0377. The maximum absolute atomic E-state index is 9.08. The summed E-state index contributed by atoms with van der Waals surface area (Å²) in [7, 11) is 1.89. The highest BCUT2D eigenvalue weighted by Crippen LogP contribution is 2.25. The molecule has 0 amide bonds. The molecule has 1 atom stereocenters. The second-order valence-electron chi connectivity index (χ2n) is 4.44. The Kier molecular flexibility index (Phi) is 4.52. The third-order valence-corrected chi connectivity index (χ3v) is 3.31. The molecule has 0 spiro atoms. The van der Waals surface area contributed by atoms with Crippen LogP contribution in [0.3, 0.4) is 0 Å². The van der Waals surface area contributed by atoms with Gasteiger partial charge in [-0.1, -0.05) is 28.9 Å². The average Bonchev–Trinajstić information content (AvgIpc) is 2.86. The molecule has 2 aromatic rings. The molecule has 0 saturated carbocycles. The molecule has 0 fully saturated rings.